The summed E-state index contributed by atoms with van der Waals surface area (Å²) in [6, 6.07) is 4.60. The first-order valence-electron chi connectivity index (χ1n) is 5.70. The Balaban J connectivity index is 2.73. The number of nitrogens with one attached hydrogen (secondary N) is 2. The third kappa shape index (κ3) is 5.16. The van der Waals surface area contributed by atoms with Crippen LogP contribution in [0.5, 0.6) is 0 Å². The average molecular weight is 326 g/mol. The third-order valence-electron chi connectivity index (χ3n) is 2.48. The zero-order chi connectivity index (χ0) is 14.5. The fourth-order valence-corrected chi connectivity index (χ4v) is 2.88. The highest BCUT2D eigenvalue weighted by Gasteiger charge is 2.18. The van der Waals surface area contributed by atoms with Crippen molar-refractivity contribution in [1.29, 1.82) is 0 Å². The van der Waals surface area contributed by atoms with E-state index in [9.17, 15) is 8.42 Å². The number of hydrogen-bond acceptors (Lipinski definition) is 3. The van der Waals surface area contributed by atoms with Crippen molar-refractivity contribution >= 4 is 39.1 Å². The SMILES string of the molecule is CNCCCN(C)S(=O)(=O)Nc1ccc(Cl)cc1Cl. The van der Waals surface area contributed by atoms with Crippen molar-refractivity contribution in [2.75, 3.05) is 31.9 Å². The average Bonchev–Trinajstić information content (AvgIpc) is 2.33. The van der Waals surface area contributed by atoms with Crippen molar-refractivity contribution in [3.8, 4) is 0 Å². The van der Waals surface area contributed by atoms with E-state index >= 15 is 0 Å². The van der Waals surface area contributed by atoms with Gasteiger partial charge in [0.2, 0.25) is 0 Å². The highest BCUT2D eigenvalue weighted by Crippen LogP contribution is 2.26. The molecule has 1 aromatic rings. The normalized spacial score (nSPS) is 11.8. The van der Waals surface area contributed by atoms with Gasteiger partial charge in [0.1, 0.15) is 0 Å². The van der Waals surface area contributed by atoms with Gasteiger partial charge in [-0.05, 0) is 38.2 Å². The molecule has 0 spiro atoms. The molecule has 0 saturated heterocycles. The fourth-order valence-electron chi connectivity index (χ4n) is 1.39. The van der Waals surface area contributed by atoms with E-state index in [0.717, 1.165) is 13.0 Å². The molecule has 0 aliphatic carbocycles. The van der Waals surface area contributed by atoms with Gasteiger partial charge in [-0.15, -0.1) is 0 Å². The van der Waals surface area contributed by atoms with Crippen molar-refractivity contribution < 1.29 is 8.42 Å². The minimum Gasteiger partial charge on any atom is -0.320 e. The van der Waals surface area contributed by atoms with Gasteiger partial charge in [-0.25, -0.2) is 0 Å². The van der Waals surface area contributed by atoms with Gasteiger partial charge in [0, 0.05) is 18.6 Å². The molecule has 108 valence electrons. The Morgan fingerprint density at radius 1 is 1.32 bits per heavy atom. The molecular weight excluding hydrogens is 309 g/mol. The quantitative estimate of drug-likeness (QED) is 0.755. The summed E-state index contributed by atoms with van der Waals surface area (Å²) in [5.41, 5.74) is 0.312. The lowest BCUT2D eigenvalue weighted by Gasteiger charge is -2.18. The van der Waals surface area contributed by atoms with Crippen molar-refractivity contribution in [3.63, 3.8) is 0 Å². The van der Waals surface area contributed by atoms with Gasteiger partial charge in [0.15, 0.2) is 0 Å². The summed E-state index contributed by atoms with van der Waals surface area (Å²) in [5.74, 6) is 0. The number of halogens is 2. The van der Waals surface area contributed by atoms with Crippen molar-refractivity contribution in [3.05, 3.63) is 28.2 Å². The molecule has 5 nitrogen and oxygen atoms in total. The van der Waals surface area contributed by atoms with Crippen LogP contribution in [0.25, 0.3) is 0 Å². The van der Waals surface area contributed by atoms with Crippen LogP contribution in [0.3, 0.4) is 0 Å². The number of hydrogen-bond donors (Lipinski definition) is 2. The van der Waals surface area contributed by atoms with E-state index in [-0.39, 0.29) is 5.02 Å². The Labute approximate surface area is 124 Å². The maximum Gasteiger partial charge on any atom is 0.301 e. The molecule has 0 atom stereocenters. The van der Waals surface area contributed by atoms with Crippen LogP contribution in [0.4, 0.5) is 5.69 Å². The molecule has 0 aliphatic heterocycles. The molecule has 0 unspecified atom stereocenters. The number of nitrogens with zero attached hydrogens (tertiary/aromatic N) is 1. The zero-order valence-electron chi connectivity index (χ0n) is 10.8. The van der Waals surface area contributed by atoms with E-state index in [1.807, 2.05) is 7.05 Å². The zero-order valence-corrected chi connectivity index (χ0v) is 13.1. The predicted molar refractivity (Wildman–Crippen MR) is 80.2 cm³/mol. The Hall–Kier alpha value is -0.530. The van der Waals surface area contributed by atoms with Crippen molar-refractivity contribution in [1.82, 2.24) is 9.62 Å². The summed E-state index contributed by atoms with van der Waals surface area (Å²) in [7, 11) is -0.266. The molecule has 0 fully saturated rings. The number of rotatable bonds is 7. The lowest BCUT2D eigenvalue weighted by molar-refractivity contribution is 0.462. The highest BCUT2D eigenvalue weighted by molar-refractivity contribution is 7.90. The van der Waals surface area contributed by atoms with Crippen LogP contribution in [0.1, 0.15) is 6.42 Å². The van der Waals surface area contributed by atoms with Gasteiger partial charge in [0.25, 0.3) is 0 Å². The lowest BCUT2D eigenvalue weighted by Crippen LogP contribution is -2.34. The van der Waals surface area contributed by atoms with Crippen LogP contribution < -0.4 is 10.0 Å². The lowest BCUT2D eigenvalue weighted by atomic mass is 10.3. The third-order valence-corrected chi connectivity index (χ3v) is 4.51. The van der Waals surface area contributed by atoms with E-state index in [1.165, 1.54) is 23.5 Å². The topological polar surface area (TPSA) is 61.4 Å². The Morgan fingerprint density at radius 3 is 2.58 bits per heavy atom. The van der Waals surface area contributed by atoms with E-state index in [0.29, 0.717) is 17.3 Å². The van der Waals surface area contributed by atoms with Crippen LogP contribution in [0, 0.1) is 0 Å². The molecule has 0 saturated carbocycles. The van der Waals surface area contributed by atoms with Gasteiger partial charge in [-0.2, -0.15) is 12.7 Å². The maximum atomic E-state index is 12.0. The van der Waals surface area contributed by atoms with E-state index < -0.39 is 10.2 Å². The summed E-state index contributed by atoms with van der Waals surface area (Å²) in [6.45, 7) is 1.17. The monoisotopic (exact) mass is 325 g/mol. The molecule has 0 heterocycles. The minimum absolute atomic E-state index is 0.264. The molecule has 8 heteroatoms. The first-order valence-corrected chi connectivity index (χ1v) is 7.90. The summed E-state index contributed by atoms with van der Waals surface area (Å²) in [6.07, 6.45) is 0.724. The Bertz CT molecular complexity index is 523. The molecule has 19 heavy (non-hydrogen) atoms. The first kappa shape index (κ1) is 16.5. The molecule has 1 aromatic carbocycles. The highest BCUT2D eigenvalue weighted by atomic mass is 35.5. The summed E-state index contributed by atoms with van der Waals surface area (Å²) in [5, 5.41) is 3.68. The Morgan fingerprint density at radius 2 is 2.00 bits per heavy atom. The number of anilines is 1. The fraction of sp³-hybridized carbons (Fsp3) is 0.455. The Kier molecular flexibility index (Phi) is 6.35. The van der Waals surface area contributed by atoms with Gasteiger partial charge in [-0.3, -0.25) is 4.72 Å². The maximum absolute atomic E-state index is 12.0. The second kappa shape index (κ2) is 7.31. The van der Waals surface area contributed by atoms with Gasteiger partial charge in [-0.1, -0.05) is 23.2 Å². The van der Waals surface area contributed by atoms with Gasteiger partial charge < -0.3 is 5.32 Å². The van der Waals surface area contributed by atoms with Crippen LogP contribution >= 0.6 is 23.2 Å². The molecule has 0 amide bonds. The molecule has 0 bridgehead atoms. The van der Waals surface area contributed by atoms with Crippen LogP contribution in [-0.4, -0.2) is 39.9 Å². The van der Waals surface area contributed by atoms with E-state index in [2.05, 4.69) is 10.0 Å². The van der Waals surface area contributed by atoms with E-state index in [4.69, 9.17) is 23.2 Å². The summed E-state index contributed by atoms with van der Waals surface area (Å²) in [4.78, 5) is 0. The van der Waals surface area contributed by atoms with Gasteiger partial charge in [0.05, 0.1) is 10.7 Å². The standard InChI is InChI=1S/C11H17Cl2N3O2S/c1-14-6-3-7-16(2)19(17,18)15-11-5-4-9(12)8-10(11)13/h4-5,8,14-15H,3,6-7H2,1-2H3. The summed E-state index contributed by atoms with van der Waals surface area (Å²) < 4.78 is 27.7. The smallest absolute Gasteiger partial charge is 0.301 e. The van der Waals surface area contributed by atoms with Crippen molar-refractivity contribution in [2.24, 2.45) is 0 Å². The molecule has 0 aliphatic rings. The first-order chi connectivity index (χ1) is 8.86. The molecule has 2 N–H and O–H groups in total. The second-order valence-electron chi connectivity index (χ2n) is 4.01. The predicted octanol–water partition coefficient (Wildman–Crippen LogP) is 2.19. The summed E-state index contributed by atoms with van der Waals surface area (Å²) >= 11 is 11.7. The molecule has 0 aromatic heterocycles. The molecule has 1 rings (SSSR count). The molecular formula is C11H17Cl2N3O2S. The van der Waals surface area contributed by atoms with Gasteiger partial charge >= 0.3 is 10.2 Å². The van der Waals surface area contributed by atoms with Crippen LogP contribution in [0.15, 0.2) is 18.2 Å². The van der Waals surface area contributed by atoms with Crippen LogP contribution in [-0.2, 0) is 10.2 Å². The largest absolute Gasteiger partial charge is 0.320 e. The molecule has 0 radical (unpaired) electrons. The van der Waals surface area contributed by atoms with Crippen molar-refractivity contribution in [2.45, 2.75) is 6.42 Å². The second-order valence-corrected chi connectivity index (χ2v) is 6.63. The minimum atomic E-state index is -3.60. The number of benzene rings is 1. The van der Waals surface area contributed by atoms with Crippen LogP contribution in [0.2, 0.25) is 10.0 Å². The van der Waals surface area contributed by atoms with E-state index in [1.54, 1.807) is 6.07 Å².